The van der Waals surface area contributed by atoms with Crippen LogP contribution in [0.4, 0.5) is 0 Å². The molecule has 1 aliphatic carbocycles. The van der Waals surface area contributed by atoms with E-state index in [0.717, 1.165) is 12.8 Å². The van der Waals surface area contributed by atoms with Gasteiger partial charge in [-0.3, -0.25) is 0 Å². The summed E-state index contributed by atoms with van der Waals surface area (Å²) in [6.07, 6.45) is 2.02. The summed E-state index contributed by atoms with van der Waals surface area (Å²) in [5.41, 5.74) is 6.07. The molecule has 0 bridgehead atoms. The minimum Gasteiger partial charge on any atom is -0.392 e. The van der Waals surface area contributed by atoms with Crippen molar-refractivity contribution in [1.29, 1.82) is 0 Å². The van der Waals surface area contributed by atoms with E-state index in [2.05, 4.69) is 27.7 Å². The van der Waals surface area contributed by atoms with Gasteiger partial charge in [0.25, 0.3) is 0 Å². The monoisotopic (exact) mass is 199 g/mol. The first kappa shape index (κ1) is 12.0. The summed E-state index contributed by atoms with van der Waals surface area (Å²) in [5, 5.41) is 10.2. The Hall–Kier alpha value is -0.0800. The van der Waals surface area contributed by atoms with Gasteiger partial charge in [0.2, 0.25) is 0 Å². The Balaban J connectivity index is 2.45. The van der Waals surface area contributed by atoms with Crippen LogP contribution in [0.2, 0.25) is 0 Å². The molecule has 1 fully saturated rings. The van der Waals surface area contributed by atoms with Crippen molar-refractivity contribution in [1.82, 2.24) is 0 Å². The molecule has 2 heteroatoms. The van der Waals surface area contributed by atoms with Crippen molar-refractivity contribution < 1.29 is 5.11 Å². The van der Waals surface area contributed by atoms with Crippen LogP contribution in [0.1, 0.15) is 40.5 Å². The highest BCUT2D eigenvalue weighted by Crippen LogP contribution is 2.55. The number of aliphatic hydroxyl groups is 1. The normalized spacial score (nSPS) is 28.9. The van der Waals surface area contributed by atoms with E-state index >= 15 is 0 Å². The molecule has 3 unspecified atom stereocenters. The second-order valence-electron chi connectivity index (χ2n) is 5.92. The number of aliphatic hydroxyl groups excluding tert-OH is 1. The van der Waals surface area contributed by atoms with Gasteiger partial charge in [-0.25, -0.2) is 0 Å². The van der Waals surface area contributed by atoms with E-state index in [0.29, 0.717) is 29.7 Å². The van der Waals surface area contributed by atoms with Gasteiger partial charge in [0, 0.05) is 0 Å². The van der Waals surface area contributed by atoms with Crippen LogP contribution < -0.4 is 5.73 Å². The molecule has 0 spiro atoms. The predicted molar refractivity (Wildman–Crippen MR) is 59.9 cm³/mol. The van der Waals surface area contributed by atoms with Gasteiger partial charge < -0.3 is 10.8 Å². The van der Waals surface area contributed by atoms with Crippen LogP contribution in [0.25, 0.3) is 0 Å². The van der Waals surface area contributed by atoms with E-state index in [1.54, 1.807) is 0 Å². The smallest absolute Gasteiger partial charge is 0.0613 e. The molecule has 14 heavy (non-hydrogen) atoms. The molecule has 1 saturated carbocycles. The lowest BCUT2D eigenvalue weighted by molar-refractivity contribution is 0.0680. The Morgan fingerprint density at radius 1 is 1.43 bits per heavy atom. The number of rotatable bonds is 5. The van der Waals surface area contributed by atoms with Crippen LogP contribution in [0, 0.1) is 23.2 Å². The molecule has 3 N–H and O–H groups in total. The van der Waals surface area contributed by atoms with Gasteiger partial charge in [0.15, 0.2) is 0 Å². The molecule has 1 rings (SSSR count). The number of hydrogen-bond acceptors (Lipinski definition) is 2. The van der Waals surface area contributed by atoms with Crippen LogP contribution in [0.15, 0.2) is 0 Å². The zero-order valence-corrected chi connectivity index (χ0v) is 9.96. The first-order chi connectivity index (χ1) is 6.38. The third-order valence-electron chi connectivity index (χ3n) is 3.56. The molecule has 3 atom stereocenters. The molecule has 0 aromatic carbocycles. The molecule has 2 nitrogen and oxygen atoms in total. The average Bonchev–Trinajstić information content (AvgIpc) is 2.69. The van der Waals surface area contributed by atoms with Gasteiger partial charge in [0.1, 0.15) is 0 Å². The fourth-order valence-electron chi connectivity index (χ4n) is 2.40. The predicted octanol–water partition coefficient (Wildman–Crippen LogP) is 2.01. The zero-order chi connectivity index (χ0) is 10.9. The van der Waals surface area contributed by atoms with Crippen molar-refractivity contribution in [2.45, 2.75) is 46.6 Å². The lowest BCUT2D eigenvalue weighted by atomic mass is 9.88. The van der Waals surface area contributed by atoms with Gasteiger partial charge >= 0.3 is 0 Å². The largest absolute Gasteiger partial charge is 0.392 e. The van der Waals surface area contributed by atoms with E-state index in [1.807, 2.05) is 0 Å². The van der Waals surface area contributed by atoms with Crippen LogP contribution in [-0.4, -0.2) is 17.8 Å². The number of nitrogens with two attached hydrogens (primary N) is 1. The second kappa shape index (κ2) is 4.19. The quantitative estimate of drug-likeness (QED) is 0.711. The summed E-state index contributed by atoms with van der Waals surface area (Å²) in [7, 11) is 0. The summed E-state index contributed by atoms with van der Waals surface area (Å²) >= 11 is 0. The van der Waals surface area contributed by atoms with E-state index in [1.165, 1.54) is 0 Å². The molecule has 84 valence electrons. The summed E-state index contributed by atoms with van der Waals surface area (Å²) in [4.78, 5) is 0. The Morgan fingerprint density at radius 2 is 1.93 bits per heavy atom. The SMILES string of the molecule is CC(C)CC(CN)C(O)C1CC1(C)C. The van der Waals surface area contributed by atoms with Crippen molar-refractivity contribution in [2.75, 3.05) is 6.54 Å². The van der Waals surface area contributed by atoms with Crippen LogP contribution in [-0.2, 0) is 0 Å². The first-order valence-corrected chi connectivity index (χ1v) is 5.76. The molecule has 0 aromatic rings. The van der Waals surface area contributed by atoms with Crippen molar-refractivity contribution in [3.05, 3.63) is 0 Å². The topological polar surface area (TPSA) is 46.2 Å². The molecule has 1 aliphatic rings. The summed E-state index contributed by atoms with van der Waals surface area (Å²) < 4.78 is 0. The highest BCUT2D eigenvalue weighted by molar-refractivity contribution is 5.01. The molecule has 0 radical (unpaired) electrons. The van der Waals surface area contributed by atoms with E-state index in [-0.39, 0.29) is 6.10 Å². The van der Waals surface area contributed by atoms with Crippen LogP contribution in [0.5, 0.6) is 0 Å². The fourth-order valence-corrected chi connectivity index (χ4v) is 2.40. The molecule has 0 amide bonds. The highest BCUT2D eigenvalue weighted by atomic mass is 16.3. The Morgan fingerprint density at radius 3 is 2.21 bits per heavy atom. The molecule has 0 aliphatic heterocycles. The Kier molecular flexibility index (Phi) is 3.59. The Labute approximate surface area is 87.9 Å². The van der Waals surface area contributed by atoms with Crippen molar-refractivity contribution in [3.8, 4) is 0 Å². The maximum atomic E-state index is 10.2. The fraction of sp³-hybridized carbons (Fsp3) is 1.00. The standard InChI is InChI=1S/C12H25NO/c1-8(2)5-9(7-13)11(14)10-6-12(10,3)4/h8-11,14H,5-7,13H2,1-4H3. The molecule has 0 aromatic heterocycles. The molecule has 0 heterocycles. The van der Waals surface area contributed by atoms with E-state index in [9.17, 15) is 5.11 Å². The van der Waals surface area contributed by atoms with Crippen molar-refractivity contribution in [3.63, 3.8) is 0 Å². The van der Waals surface area contributed by atoms with E-state index < -0.39 is 0 Å². The zero-order valence-electron chi connectivity index (χ0n) is 9.96. The third-order valence-corrected chi connectivity index (χ3v) is 3.56. The Bertz CT molecular complexity index is 189. The van der Waals surface area contributed by atoms with Gasteiger partial charge in [-0.05, 0) is 42.6 Å². The maximum Gasteiger partial charge on any atom is 0.0613 e. The van der Waals surface area contributed by atoms with Crippen molar-refractivity contribution >= 4 is 0 Å². The number of hydrogen-bond donors (Lipinski definition) is 2. The average molecular weight is 199 g/mol. The highest BCUT2D eigenvalue weighted by Gasteiger charge is 2.51. The maximum absolute atomic E-state index is 10.2. The molecular formula is C12H25NO. The lowest BCUT2D eigenvalue weighted by Gasteiger charge is -2.24. The minimum absolute atomic E-state index is 0.183. The molecule has 0 saturated heterocycles. The van der Waals surface area contributed by atoms with Crippen molar-refractivity contribution in [2.24, 2.45) is 28.9 Å². The summed E-state index contributed by atoms with van der Waals surface area (Å²) in [6, 6.07) is 0. The van der Waals surface area contributed by atoms with Gasteiger partial charge in [-0.1, -0.05) is 27.7 Å². The van der Waals surface area contributed by atoms with Gasteiger partial charge in [0.05, 0.1) is 6.10 Å². The van der Waals surface area contributed by atoms with Crippen LogP contribution in [0.3, 0.4) is 0 Å². The first-order valence-electron chi connectivity index (χ1n) is 5.76. The summed E-state index contributed by atoms with van der Waals surface area (Å²) in [6.45, 7) is 9.44. The van der Waals surface area contributed by atoms with Gasteiger partial charge in [-0.15, -0.1) is 0 Å². The second-order valence-corrected chi connectivity index (χ2v) is 5.92. The minimum atomic E-state index is -0.183. The lowest BCUT2D eigenvalue weighted by Crippen LogP contribution is -2.31. The molecular weight excluding hydrogens is 174 g/mol. The van der Waals surface area contributed by atoms with E-state index in [4.69, 9.17) is 5.73 Å². The van der Waals surface area contributed by atoms with Gasteiger partial charge in [-0.2, -0.15) is 0 Å². The summed E-state index contributed by atoms with van der Waals surface area (Å²) in [5.74, 6) is 1.40. The van der Waals surface area contributed by atoms with Crippen LogP contribution >= 0.6 is 0 Å². The third kappa shape index (κ3) is 2.71.